The van der Waals surface area contributed by atoms with Gasteiger partial charge in [0, 0.05) is 18.9 Å². The van der Waals surface area contributed by atoms with Crippen LogP contribution in [-0.4, -0.2) is 11.5 Å². The molecule has 1 aromatic heterocycles. The summed E-state index contributed by atoms with van der Waals surface area (Å²) in [6.45, 7) is 8.77. The molecule has 0 fully saturated rings. The minimum Gasteiger partial charge on any atom is -0.312 e. The van der Waals surface area contributed by atoms with Crippen molar-refractivity contribution in [3.63, 3.8) is 0 Å². The predicted octanol–water partition coefficient (Wildman–Crippen LogP) is 3.70. The Labute approximate surface area is 106 Å². The minimum atomic E-state index is 0.826. The van der Waals surface area contributed by atoms with E-state index >= 15 is 0 Å². The van der Waals surface area contributed by atoms with Crippen LogP contribution in [0.2, 0.25) is 0 Å². The van der Waals surface area contributed by atoms with E-state index in [-0.39, 0.29) is 0 Å². The fraction of sp³-hybridized carbons (Fsp3) is 0.667. The second kappa shape index (κ2) is 8.24. The van der Waals surface area contributed by atoms with E-state index in [0.29, 0.717) is 0 Å². The molecule has 0 aliphatic heterocycles. The highest BCUT2D eigenvalue weighted by molar-refractivity contribution is 5.20. The van der Waals surface area contributed by atoms with Crippen LogP contribution in [0.1, 0.15) is 50.7 Å². The maximum absolute atomic E-state index is 4.17. The molecule has 96 valence electrons. The Morgan fingerprint density at radius 1 is 1.35 bits per heavy atom. The number of nitrogens with one attached hydrogen (secondary N) is 1. The zero-order valence-electron chi connectivity index (χ0n) is 11.5. The summed E-state index contributed by atoms with van der Waals surface area (Å²) < 4.78 is 0. The molecular weight excluding hydrogens is 208 g/mol. The molecule has 1 unspecified atom stereocenters. The molecule has 1 rings (SSSR count). The fourth-order valence-corrected chi connectivity index (χ4v) is 2.04. The molecule has 1 atom stereocenters. The van der Waals surface area contributed by atoms with Gasteiger partial charge in [0.15, 0.2) is 0 Å². The van der Waals surface area contributed by atoms with Crippen LogP contribution in [0.15, 0.2) is 18.5 Å². The van der Waals surface area contributed by atoms with Crippen LogP contribution >= 0.6 is 0 Å². The quantitative estimate of drug-likeness (QED) is 0.742. The molecule has 1 aromatic rings. The molecule has 0 bridgehead atoms. The molecule has 0 aliphatic rings. The molecule has 0 amide bonds. The summed E-state index contributed by atoms with van der Waals surface area (Å²) in [7, 11) is 0. The predicted molar refractivity (Wildman–Crippen MR) is 74.0 cm³/mol. The van der Waals surface area contributed by atoms with Gasteiger partial charge < -0.3 is 5.32 Å². The number of hydrogen-bond acceptors (Lipinski definition) is 2. The number of aromatic nitrogens is 1. The van der Waals surface area contributed by atoms with Crippen LogP contribution in [0.5, 0.6) is 0 Å². The summed E-state index contributed by atoms with van der Waals surface area (Å²) in [4.78, 5) is 4.17. The molecular formula is C15H26N2. The van der Waals surface area contributed by atoms with E-state index in [2.05, 4.69) is 37.1 Å². The molecule has 0 radical (unpaired) electrons. The number of nitrogens with zero attached hydrogens (tertiary/aromatic N) is 1. The van der Waals surface area contributed by atoms with Gasteiger partial charge in [-0.2, -0.15) is 0 Å². The van der Waals surface area contributed by atoms with Gasteiger partial charge >= 0.3 is 0 Å². The maximum atomic E-state index is 4.17. The fourth-order valence-electron chi connectivity index (χ4n) is 2.04. The molecule has 0 saturated carbocycles. The Hall–Kier alpha value is -0.890. The Bertz CT molecular complexity index is 310. The number of unbranched alkanes of at least 4 members (excludes halogenated alkanes) is 1. The first-order chi connectivity index (χ1) is 8.27. The lowest BCUT2D eigenvalue weighted by Gasteiger charge is -2.15. The van der Waals surface area contributed by atoms with Gasteiger partial charge in [-0.25, -0.2) is 0 Å². The van der Waals surface area contributed by atoms with Crippen molar-refractivity contribution >= 4 is 0 Å². The van der Waals surface area contributed by atoms with Crippen molar-refractivity contribution in [1.29, 1.82) is 0 Å². The van der Waals surface area contributed by atoms with Gasteiger partial charge in [0.1, 0.15) is 0 Å². The van der Waals surface area contributed by atoms with Crippen LogP contribution in [0, 0.1) is 12.8 Å². The number of hydrogen-bond donors (Lipinski definition) is 1. The lowest BCUT2D eigenvalue weighted by Crippen LogP contribution is -2.22. The highest BCUT2D eigenvalue weighted by atomic mass is 14.9. The second-order valence-corrected chi connectivity index (χ2v) is 4.85. The second-order valence-electron chi connectivity index (χ2n) is 4.85. The van der Waals surface area contributed by atoms with Crippen molar-refractivity contribution in [3.05, 3.63) is 29.6 Å². The lowest BCUT2D eigenvalue weighted by molar-refractivity contribution is 0.419. The van der Waals surface area contributed by atoms with Crippen molar-refractivity contribution in [2.45, 2.75) is 53.0 Å². The first kappa shape index (κ1) is 14.2. The Balaban J connectivity index is 2.28. The van der Waals surface area contributed by atoms with Crippen LogP contribution in [0.4, 0.5) is 0 Å². The topological polar surface area (TPSA) is 24.9 Å². The zero-order valence-corrected chi connectivity index (χ0v) is 11.5. The Kier molecular flexibility index (Phi) is 6.87. The monoisotopic (exact) mass is 234 g/mol. The Morgan fingerprint density at radius 2 is 2.18 bits per heavy atom. The summed E-state index contributed by atoms with van der Waals surface area (Å²) >= 11 is 0. The summed E-state index contributed by atoms with van der Waals surface area (Å²) in [5.41, 5.74) is 2.65. The molecule has 2 nitrogen and oxygen atoms in total. The molecule has 2 heteroatoms. The van der Waals surface area contributed by atoms with Gasteiger partial charge in [0.2, 0.25) is 0 Å². The molecule has 0 aliphatic carbocycles. The standard InChI is InChI=1S/C15H26N2/c1-4-6-7-14(5-2)10-17-12-15-11-16-9-8-13(15)3/h8-9,11,14,17H,4-7,10,12H2,1-3H3. The largest absolute Gasteiger partial charge is 0.312 e. The number of aryl methyl sites for hydroxylation is 1. The third kappa shape index (κ3) is 5.31. The van der Waals surface area contributed by atoms with E-state index in [1.165, 1.54) is 36.8 Å². The van der Waals surface area contributed by atoms with E-state index < -0.39 is 0 Å². The molecule has 0 saturated heterocycles. The number of pyridine rings is 1. The summed E-state index contributed by atoms with van der Waals surface area (Å²) in [6, 6.07) is 2.07. The SMILES string of the molecule is CCCCC(CC)CNCc1cnccc1C. The molecule has 0 aromatic carbocycles. The van der Waals surface area contributed by atoms with E-state index in [0.717, 1.165) is 19.0 Å². The van der Waals surface area contributed by atoms with Gasteiger partial charge in [-0.1, -0.05) is 33.1 Å². The van der Waals surface area contributed by atoms with Crippen molar-refractivity contribution in [2.24, 2.45) is 5.92 Å². The van der Waals surface area contributed by atoms with Crippen LogP contribution in [0.3, 0.4) is 0 Å². The third-order valence-electron chi connectivity index (χ3n) is 3.44. The van der Waals surface area contributed by atoms with E-state index in [9.17, 15) is 0 Å². The number of rotatable bonds is 8. The van der Waals surface area contributed by atoms with Crippen molar-refractivity contribution in [3.8, 4) is 0 Å². The summed E-state index contributed by atoms with van der Waals surface area (Å²) in [5.74, 6) is 0.826. The van der Waals surface area contributed by atoms with Crippen molar-refractivity contribution < 1.29 is 0 Å². The average molecular weight is 234 g/mol. The Morgan fingerprint density at radius 3 is 2.82 bits per heavy atom. The molecule has 0 spiro atoms. The van der Waals surface area contributed by atoms with Gasteiger partial charge in [-0.3, -0.25) is 4.98 Å². The first-order valence-corrected chi connectivity index (χ1v) is 6.88. The van der Waals surface area contributed by atoms with Gasteiger partial charge in [0.25, 0.3) is 0 Å². The smallest absolute Gasteiger partial charge is 0.0315 e. The van der Waals surface area contributed by atoms with Crippen molar-refractivity contribution in [2.75, 3.05) is 6.54 Å². The third-order valence-corrected chi connectivity index (χ3v) is 3.44. The van der Waals surface area contributed by atoms with E-state index in [1.807, 2.05) is 12.4 Å². The lowest BCUT2D eigenvalue weighted by atomic mass is 9.99. The normalized spacial score (nSPS) is 12.6. The van der Waals surface area contributed by atoms with Gasteiger partial charge in [-0.05, 0) is 43.0 Å². The van der Waals surface area contributed by atoms with Gasteiger partial charge in [-0.15, -0.1) is 0 Å². The van der Waals surface area contributed by atoms with Gasteiger partial charge in [0.05, 0.1) is 0 Å². The molecule has 17 heavy (non-hydrogen) atoms. The minimum absolute atomic E-state index is 0.826. The summed E-state index contributed by atoms with van der Waals surface area (Å²) in [5, 5.41) is 3.56. The highest BCUT2D eigenvalue weighted by Crippen LogP contribution is 2.12. The molecule has 1 N–H and O–H groups in total. The summed E-state index contributed by atoms with van der Waals surface area (Å²) in [6.07, 6.45) is 9.11. The van der Waals surface area contributed by atoms with Crippen LogP contribution in [0.25, 0.3) is 0 Å². The average Bonchev–Trinajstić information content (AvgIpc) is 2.35. The maximum Gasteiger partial charge on any atom is 0.0315 e. The molecule has 1 heterocycles. The van der Waals surface area contributed by atoms with Crippen molar-refractivity contribution in [1.82, 2.24) is 10.3 Å². The highest BCUT2D eigenvalue weighted by Gasteiger charge is 2.05. The first-order valence-electron chi connectivity index (χ1n) is 6.88. The van der Waals surface area contributed by atoms with E-state index in [1.54, 1.807) is 0 Å². The van der Waals surface area contributed by atoms with Crippen LogP contribution < -0.4 is 5.32 Å². The zero-order chi connectivity index (χ0) is 12.5. The van der Waals surface area contributed by atoms with E-state index in [4.69, 9.17) is 0 Å². The van der Waals surface area contributed by atoms with Crippen LogP contribution in [-0.2, 0) is 6.54 Å².